The molecule has 8 heteroatoms. The highest BCUT2D eigenvalue weighted by Gasteiger charge is 2.28. The molecule has 1 aromatic heterocycles. The number of fused-ring (bicyclic) bond motifs is 1. The SMILES string of the molecule is CC1=CN=C(C)C2=NC(/C=C/c3nc(N4CCC4)nn3C)NN12. The molecule has 0 radical (unpaired) electrons. The number of aliphatic imine (C=N–C) groups is 2. The van der Waals surface area contributed by atoms with E-state index in [1.54, 1.807) is 4.68 Å². The van der Waals surface area contributed by atoms with E-state index in [4.69, 9.17) is 0 Å². The Morgan fingerprint density at radius 2 is 2.13 bits per heavy atom. The fourth-order valence-electron chi connectivity index (χ4n) is 2.68. The summed E-state index contributed by atoms with van der Waals surface area (Å²) in [6.07, 6.45) is 6.89. The minimum absolute atomic E-state index is 0.124. The molecule has 1 aromatic rings. The highest BCUT2D eigenvalue weighted by molar-refractivity contribution is 6.41. The molecule has 0 aromatic carbocycles. The quantitative estimate of drug-likeness (QED) is 0.898. The maximum Gasteiger partial charge on any atom is 0.245 e. The average Bonchev–Trinajstić information content (AvgIpc) is 3.04. The maximum absolute atomic E-state index is 4.66. The Kier molecular flexibility index (Phi) is 3.26. The van der Waals surface area contributed by atoms with Gasteiger partial charge in [-0.1, -0.05) is 0 Å². The van der Waals surface area contributed by atoms with Crippen molar-refractivity contribution in [2.24, 2.45) is 17.0 Å². The van der Waals surface area contributed by atoms with E-state index in [-0.39, 0.29) is 6.17 Å². The van der Waals surface area contributed by atoms with Gasteiger partial charge >= 0.3 is 0 Å². The van der Waals surface area contributed by atoms with Gasteiger partial charge in [-0.3, -0.25) is 10.0 Å². The number of aryl methyl sites for hydroxylation is 1. The second-order valence-corrected chi connectivity index (χ2v) is 5.94. The van der Waals surface area contributed by atoms with Gasteiger partial charge in [0.25, 0.3) is 0 Å². The normalized spacial score (nSPS) is 23.6. The Labute approximate surface area is 134 Å². The van der Waals surface area contributed by atoms with E-state index in [9.17, 15) is 0 Å². The third-order valence-corrected chi connectivity index (χ3v) is 4.21. The molecule has 0 bridgehead atoms. The van der Waals surface area contributed by atoms with Gasteiger partial charge in [-0.15, -0.1) is 5.10 Å². The molecule has 1 fully saturated rings. The van der Waals surface area contributed by atoms with Crippen LogP contribution < -0.4 is 10.3 Å². The van der Waals surface area contributed by atoms with Crippen LogP contribution in [-0.4, -0.2) is 50.6 Å². The van der Waals surface area contributed by atoms with Crippen LogP contribution in [-0.2, 0) is 7.05 Å². The fraction of sp³-hybridized carbons (Fsp3) is 0.467. The van der Waals surface area contributed by atoms with Crippen molar-refractivity contribution in [1.82, 2.24) is 25.2 Å². The van der Waals surface area contributed by atoms with Gasteiger partial charge in [-0.25, -0.2) is 15.1 Å². The second kappa shape index (κ2) is 5.31. The van der Waals surface area contributed by atoms with Gasteiger partial charge in [-0.05, 0) is 32.4 Å². The highest BCUT2D eigenvalue weighted by Crippen LogP contribution is 2.19. The van der Waals surface area contributed by atoms with E-state index in [1.807, 2.05) is 44.3 Å². The van der Waals surface area contributed by atoms with Crippen LogP contribution in [0.4, 0.5) is 5.95 Å². The van der Waals surface area contributed by atoms with Crippen LogP contribution >= 0.6 is 0 Å². The second-order valence-electron chi connectivity index (χ2n) is 5.94. The lowest BCUT2D eigenvalue weighted by molar-refractivity contribution is 0.386. The molecule has 0 spiro atoms. The van der Waals surface area contributed by atoms with Crippen molar-refractivity contribution in [3.05, 3.63) is 23.8 Å². The molecule has 1 N–H and O–H groups in total. The summed E-state index contributed by atoms with van der Waals surface area (Å²) in [6.45, 7) is 6.06. The van der Waals surface area contributed by atoms with Crippen LogP contribution in [0.25, 0.3) is 6.08 Å². The van der Waals surface area contributed by atoms with Crippen molar-refractivity contribution in [3.63, 3.8) is 0 Å². The van der Waals surface area contributed by atoms with Gasteiger partial charge in [0.2, 0.25) is 5.95 Å². The van der Waals surface area contributed by atoms with Crippen molar-refractivity contribution >= 4 is 23.6 Å². The zero-order valence-electron chi connectivity index (χ0n) is 13.6. The lowest BCUT2D eigenvalue weighted by Gasteiger charge is -2.29. The molecular weight excluding hydrogens is 292 g/mol. The number of anilines is 1. The molecule has 0 amide bonds. The van der Waals surface area contributed by atoms with Crippen LogP contribution in [0, 0.1) is 0 Å². The Hall–Kier alpha value is -2.48. The van der Waals surface area contributed by atoms with E-state index in [0.717, 1.165) is 42.1 Å². The fourth-order valence-corrected chi connectivity index (χ4v) is 2.68. The lowest BCUT2D eigenvalue weighted by Crippen LogP contribution is -2.42. The predicted octanol–water partition coefficient (Wildman–Crippen LogP) is 0.919. The van der Waals surface area contributed by atoms with Crippen LogP contribution in [0.1, 0.15) is 26.1 Å². The number of nitrogens with zero attached hydrogens (tertiary/aromatic N) is 7. The third kappa shape index (κ3) is 2.44. The Bertz CT molecular complexity index is 750. The molecule has 0 aliphatic carbocycles. The highest BCUT2D eigenvalue weighted by atomic mass is 15.6. The molecule has 1 saturated heterocycles. The molecule has 23 heavy (non-hydrogen) atoms. The van der Waals surface area contributed by atoms with Crippen molar-refractivity contribution in [3.8, 4) is 0 Å². The molecule has 3 aliphatic rings. The number of aromatic nitrogens is 3. The van der Waals surface area contributed by atoms with Gasteiger partial charge in [0.1, 0.15) is 6.17 Å². The Balaban J connectivity index is 1.51. The summed E-state index contributed by atoms with van der Waals surface area (Å²) >= 11 is 0. The summed E-state index contributed by atoms with van der Waals surface area (Å²) in [4.78, 5) is 15.8. The van der Waals surface area contributed by atoms with Gasteiger partial charge in [-0.2, -0.15) is 4.98 Å². The summed E-state index contributed by atoms with van der Waals surface area (Å²) in [5, 5.41) is 6.43. The summed E-state index contributed by atoms with van der Waals surface area (Å²) in [6, 6.07) is 0. The number of allylic oxidation sites excluding steroid dienone is 1. The minimum atomic E-state index is -0.124. The molecule has 3 aliphatic heterocycles. The molecule has 1 atom stereocenters. The van der Waals surface area contributed by atoms with Crippen molar-refractivity contribution in [1.29, 1.82) is 0 Å². The van der Waals surface area contributed by atoms with E-state index in [0.29, 0.717) is 0 Å². The first kappa shape index (κ1) is 14.1. The van der Waals surface area contributed by atoms with Gasteiger partial charge in [0.05, 0.1) is 11.4 Å². The zero-order valence-corrected chi connectivity index (χ0v) is 13.6. The van der Waals surface area contributed by atoms with Crippen molar-refractivity contribution in [2.75, 3.05) is 18.0 Å². The van der Waals surface area contributed by atoms with E-state index < -0.39 is 0 Å². The number of rotatable bonds is 3. The summed E-state index contributed by atoms with van der Waals surface area (Å²) < 4.78 is 1.80. The van der Waals surface area contributed by atoms with Crippen molar-refractivity contribution in [2.45, 2.75) is 26.4 Å². The smallest absolute Gasteiger partial charge is 0.245 e. The van der Waals surface area contributed by atoms with Crippen LogP contribution in [0.5, 0.6) is 0 Å². The predicted molar refractivity (Wildman–Crippen MR) is 89.9 cm³/mol. The summed E-state index contributed by atoms with van der Waals surface area (Å²) in [7, 11) is 1.91. The van der Waals surface area contributed by atoms with E-state index >= 15 is 0 Å². The van der Waals surface area contributed by atoms with Gasteiger partial charge < -0.3 is 4.90 Å². The standard InChI is InChI=1S/C15H20N8/c1-10-9-16-11(2)14-17-12(19-23(10)14)5-6-13-18-15(20-21(13)3)22-7-4-8-22/h5-6,9,12,19H,4,7-8H2,1-3H3/b6-5+. The van der Waals surface area contributed by atoms with Crippen molar-refractivity contribution < 1.29 is 0 Å². The minimum Gasteiger partial charge on any atom is -0.339 e. The number of hydrogen-bond acceptors (Lipinski definition) is 7. The maximum atomic E-state index is 4.66. The molecule has 0 saturated carbocycles. The molecule has 1 unspecified atom stereocenters. The van der Waals surface area contributed by atoms with Gasteiger partial charge in [0, 0.05) is 26.3 Å². The third-order valence-electron chi connectivity index (χ3n) is 4.21. The average molecular weight is 312 g/mol. The number of hydrazine groups is 1. The molecule has 4 rings (SSSR count). The molecule has 4 heterocycles. The Morgan fingerprint density at radius 1 is 1.30 bits per heavy atom. The zero-order chi connectivity index (χ0) is 16.0. The number of hydrogen-bond donors (Lipinski definition) is 1. The molecule has 120 valence electrons. The summed E-state index contributed by atoms with van der Waals surface area (Å²) in [5.41, 5.74) is 5.29. The van der Waals surface area contributed by atoms with Crippen LogP contribution in [0.3, 0.4) is 0 Å². The molecule has 8 nitrogen and oxygen atoms in total. The topological polar surface area (TPSA) is 73.9 Å². The first-order chi connectivity index (χ1) is 11.1. The monoisotopic (exact) mass is 312 g/mol. The van der Waals surface area contributed by atoms with E-state index in [2.05, 4.69) is 30.4 Å². The number of amidine groups is 1. The first-order valence-electron chi connectivity index (χ1n) is 7.81. The van der Waals surface area contributed by atoms with Gasteiger partial charge in [0.15, 0.2) is 11.7 Å². The van der Waals surface area contributed by atoms with Crippen LogP contribution in [0.2, 0.25) is 0 Å². The Morgan fingerprint density at radius 3 is 2.83 bits per heavy atom. The number of nitrogens with one attached hydrogen (secondary N) is 1. The lowest BCUT2D eigenvalue weighted by atomic mass is 10.2. The summed E-state index contributed by atoms with van der Waals surface area (Å²) in [5.74, 6) is 2.51. The van der Waals surface area contributed by atoms with E-state index in [1.165, 1.54) is 6.42 Å². The van der Waals surface area contributed by atoms with Crippen LogP contribution in [0.15, 0.2) is 28.0 Å². The first-order valence-corrected chi connectivity index (χ1v) is 7.81. The molecular formula is C15H20N8. The largest absolute Gasteiger partial charge is 0.339 e.